The summed E-state index contributed by atoms with van der Waals surface area (Å²) in [6.07, 6.45) is 0.234. The van der Waals surface area contributed by atoms with Crippen LogP contribution >= 0.6 is 11.3 Å². The van der Waals surface area contributed by atoms with Gasteiger partial charge in [0.25, 0.3) is 0 Å². The molecule has 2 rings (SSSR count). The molecule has 0 saturated carbocycles. The smallest absolute Gasteiger partial charge is 0.408 e. The van der Waals surface area contributed by atoms with Gasteiger partial charge >= 0.3 is 6.09 Å². The van der Waals surface area contributed by atoms with Crippen molar-refractivity contribution in [3.63, 3.8) is 0 Å². The normalized spacial score (nSPS) is 12.5. The molecule has 164 valence electrons. The zero-order valence-electron chi connectivity index (χ0n) is 18.3. The third-order valence-corrected chi connectivity index (χ3v) is 5.08. The number of nitrogens with zero attached hydrogens (tertiary/aromatic N) is 1. The number of amides is 3. The van der Waals surface area contributed by atoms with Crippen molar-refractivity contribution in [2.45, 2.75) is 59.6 Å². The lowest BCUT2D eigenvalue weighted by Gasteiger charge is -2.22. The second-order valence-electron chi connectivity index (χ2n) is 8.31. The number of benzene rings is 1. The van der Waals surface area contributed by atoms with Crippen LogP contribution in [-0.4, -0.2) is 41.1 Å². The molecule has 0 unspecified atom stereocenters. The summed E-state index contributed by atoms with van der Waals surface area (Å²) >= 11 is 1.39. The first-order chi connectivity index (χ1) is 14.0. The molecule has 0 aliphatic rings. The van der Waals surface area contributed by atoms with Crippen molar-refractivity contribution in [1.82, 2.24) is 15.6 Å². The fourth-order valence-electron chi connectivity index (χ4n) is 2.65. The minimum Gasteiger partial charge on any atom is -0.444 e. The molecule has 0 saturated heterocycles. The van der Waals surface area contributed by atoms with Crippen LogP contribution < -0.4 is 16.0 Å². The summed E-state index contributed by atoms with van der Waals surface area (Å²) in [5.74, 6) is -0.992. The van der Waals surface area contributed by atoms with Crippen LogP contribution in [0.25, 0.3) is 10.2 Å². The third kappa shape index (κ3) is 6.98. The van der Waals surface area contributed by atoms with E-state index in [1.165, 1.54) is 16.9 Å². The zero-order chi connectivity index (χ0) is 22.5. The maximum atomic E-state index is 12.7. The summed E-state index contributed by atoms with van der Waals surface area (Å²) < 4.78 is 6.09. The number of rotatable bonds is 7. The van der Waals surface area contributed by atoms with E-state index in [2.05, 4.69) is 33.9 Å². The van der Waals surface area contributed by atoms with Gasteiger partial charge in [0.1, 0.15) is 18.2 Å². The highest BCUT2D eigenvalue weighted by Crippen LogP contribution is 2.27. The van der Waals surface area contributed by atoms with Crippen molar-refractivity contribution in [3.8, 4) is 0 Å². The lowest BCUT2D eigenvalue weighted by molar-refractivity contribution is -0.126. The predicted octanol–water partition coefficient (Wildman–Crippen LogP) is 3.46. The monoisotopic (exact) mass is 434 g/mol. The van der Waals surface area contributed by atoms with Crippen LogP contribution in [0.1, 0.15) is 47.1 Å². The van der Waals surface area contributed by atoms with Gasteiger partial charge in [-0.05, 0) is 50.8 Å². The van der Waals surface area contributed by atoms with E-state index >= 15 is 0 Å². The van der Waals surface area contributed by atoms with Crippen LogP contribution in [-0.2, 0) is 20.7 Å². The fourth-order valence-corrected chi connectivity index (χ4v) is 3.58. The molecule has 3 amide bonds. The summed E-state index contributed by atoms with van der Waals surface area (Å²) in [7, 11) is 0. The molecule has 1 atom stereocenters. The standard InChI is InChI=1S/C21H30N4O4S/c1-7-13-8-9-14-15(10-13)30-19(23-14)25-18(27)17(12(2)3)24-16(26)11-22-20(28)29-21(4,5)6/h8-10,12,17H,7,11H2,1-6H3,(H,22,28)(H,24,26)(H,23,25,27)/t17-/m0/s1. The van der Waals surface area contributed by atoms with Gasteiger partial charge in [-0.15, -0.1) is 0 Å². The number of aryl methyl sites for hydroxylation is 1. The Morgan fingerprint density at radius 1 is 1.20 bits per heavy atom. The Hall–Kier alpha value is -2.68. The van der Waals surface area contributed by atoms with E-state index in [9.17, 15) is 14.4 Å². The number of fused-ring (bicyclic) bond motifs is 1. The maximum Gasteiger partial charge on any atom is 0.408 e. The molecule has 8 nitrogen and oxygen atoms in total. The second kappa shape index (κ2) is 9.88. The van der Waals surface area contributed by atoms with Crippen molar-refractivity contribution in [1.29, 1.82) is 0 Å². The molecule has 0 aliphatic carbocycles. The van der Waals surface area contributed by atoms with Crippen molar-refractivity contribution >= 4 is 44.6 Å². The number of carbonyl (C=O) groups is 3. The molecule has 1 aromatic heterocycles. The number of aromatic nitrogens is 1. The van der Waals surface area contributed by atoms with Crippen LogP contribution in [0.4, 0.5) is 9.93 Å². The van der Waals surface area contributed by atoms with Crippen molar-refractivity contribution in [2.24, 2.45) is 5.92 Å². The fraction of sp³-hybridized carbons (Fsp3) is 0.524. The van der Waals surface area contributed by atoms with E-state index in [1.807, 2.05) is 26.0 Å². The summed E-state index contributed by atoms with van der Waals surface area (Å²) in [4.78, 5) is 41.1. The van der Waals surface area contributed by atoms with Crippen LogP contribution in [0, 0.1) is 5.92 Å². The molecule has 3 N–H and O–H groups in total. The van der Waals surface area contributed by atoms with Crippen LogP contribution in [0.5, 0.6) is 0 Å². The Labute approximate surface area is 180 Å². The Morgan fingerprint density at radius 2 is 1.90 bits per heavy atom. The molecule has 30 heavy (non-hydrogen) atoms. The van der Waals surface area contributed by atoms with Gasteiger partial charge in [-0.3, -0.25) is 9.59 Å². The predicted molar refractivity (Wildman–Crippen MR) is 119 cm³/mol. The van der Waals surface area contributed by atoms with Crippen LogP contribution in [0.2, 0.25) is 0 Å². The van der Waals surface area contributed by atoms with E-state index in [4.69, 9.17) is 4.74 Å². The molecule has 0 spiro atoms. The first kappa shape index (κ1) is 23.6. The Morgan fingerprint density at radius 3 is 2.50 bits per heavy atom. The first-order valence-corrected chi connectivity index (χ1v) is 10.8. The number of anilines is 1. The summed E-state index contributed by atoms with van der Waals surface area (Å²) in [6, 6.07) is 5.25. The van der Waals surface area contributed by atoms with Gasteiger partial charge in [0.05, 0.1) is 10.2 Å². The number of carbonyl (C=O) groups excluding carboxylic acids is 3. The second-order valence-corrected chi connectivity index (χ2v) is 9.34. The van der Waals surface area contributed by atoms with E-state index in [0.29, 0.717) is 5.13 Å². The van der Waals surface area contributed by atoms with Gasteiger partial charge in [-0.2, -0.15) is 0 Å². The number of nitrogens with one attached hydrogen (secondary N) is 3. The van der Waals surface area contributed by atoms with Gasteiger partial charge in [0.15, 0.2) is 5.13 Å². The topological polar surface area (TPSA) is 109 Å². The third-order valence-electron chi connectivity index (χ3n) is 4.15. The lowest BCUT2D eigenvalue weighted by Crippen LogP contribution is -2.50. The number of alkyl carbamates (subject to hydrolysis) is 1. The highest BCUT2D eigenvalue weighted by Gasteiger charge is 2.25. The average Bonchev–Trinajstić information content (AvgIpc) is 3.03. The molecule has 0 bridgehead atoms. The van der Waals surface area contributed by atoms with E-state index in [-0.39, 0.29) is 18.4 Å². The minimum absolute atomic E-state index is 0.156. The molecule has 0 aliphatic heterocycles. The maximum absolute atomic E-state index is 12.7. The van der Waals surface area contributed by atoms with Gasteiger partial charge < -0.3 is 20.7 Å². The highest BCUT2D eigenvalue weighted by atomic mass is 32.1. The molecule has 1 aromatic carbocycles. The summed E-state index contributed by atoms with van der Waals surface area (Å²) in [5, 5.41) is 8.32. The van der Waals surface area contributed by atoms with Crippen LogP contribution in [0.15, 0.2) is 18.2 Å². The van der Waals surface area contributed by atoms with Gasteiger partial charge in [0.2, 0.25) is 11.8 Å². The highest BCUT2D eigenvalue weighted by molar-refractivity contribution is 7.22. The van der Waals surface area contributed by atoms with E-state index < -0.39 is 23.6 Å². The summed E-state index contributed by atoms with van der Waals surface area (Å²) in [5.41, 5.74) is 1.36. The van der Waals surface area contributed by atoms with Gasteiger partial charge in [-0.25, -0.2) is 9.78 Å². The minimum atomic E-state index is -0.767. The largest absolute Gasteiger partial charge is 0.444 e. The summed E-state index contributed by atoms with van der Waals surface area (Å²) in [6.45, 7) is 10.7. The van der Waals surface area contributed by atoms with Crippen LogP contribution in [0.3, 0.4) is 0 Å². The van der Waals surface area contributed by atoms with E-state index in [0.717, 1.165) is 16.6 Å². The molecular weight excluding hydrogens is 404 g/mol. The SMILES string of the molecule is CCc1ccc2nc(NC(=O)[C@@H](NC(=O)CNC(=O)OC(C)(C)C)C(C)C)sc2c1. The molecule has 9 heteroatoms. The van der Waals surface area contributed by atoms with E-state index in [1.54, 1.807) is 20.8 Å². The Kier molecular flexibility index (Phi) is 7.77. The van der Waals surface area contributed by atoms with Crippen molar-refractivity contribution in [3.05, 3.63) is 23.8 Å². The lowest BCUT2D eigenvalue weighted by atomic mass is 10.0. The van der Waals surface area contributed by atoms with Crippen molar-refractivity contribution < 1.29 is 19.1 Å². The number of hydrogen-bond donors (Lipinski definition) is 3. The zero-order valence-corrected chi connectivity index (χ0v) is 19.1. The molecule has 1 heterocycles. The van der Waals surface area contributed by atoms with Gasteiger partial charge in [0, 0.05) is 0 Å². The molecule has 2 aromatic rings. The molecule has 0 fully saturated rings. The quantitative estimate of drug-likeness (QED) is 0.618. The Bertz CT molecular complexity index is 917. The number of thiazole rings is 1. The average molecular weight is 435 g/mol. The first-order valence-electron chi connectivity index (χ1n) is 9.95. The molecular formula is C21H30N4O4S. The van der Waals surface area contributed by atoms with Gasteiger partial charge in [-0.1, -0.05) is 38.2 Å². The van der Waals surface area contributed by atoms with Crippen molar-refractivity contribution in [2.75, 3.05) is 11.9 Å². The number of ether oxygens (including phenoxy) is 1. The number of hydrogen-bond acceptors (Lipinski definition) is 6. The molecule has 0 radical (unpaired) electrons. The Balaban J connectivity index is 1.97.